The molecule has 0 aliphatic rings. The molecule has 0 saturated heterocycles. The summed E-state index contributed by atoms with van der Waals surface area (Å²) >= 11 is 0. The Balaban J connectivity index is 1.80. The molecular formula is C19H20N4O2. The van der Waals surface area contributed by atoms with Gasteiger partial charge in [-0.1, -0.05) is 12.1 Å². The smallest absolute Gasteiger partial charge is 0.255 e. The van der Waals surface area contributed by atoms with E-state index in [4.69, 9.17) is 0 Å². The van der Waals surface area contributed by atoms with Gasteiger partial charge in [-0.3, -0.25) is 4.79 Å². The zero-order chi connectivity index (χ0) is 18.0. The minimum Gasteiger partial charge on any atom is -0.392 e. The maximum absolute atomic E-state index is 12.5. The quantitative estimate of drug-likeness (QED) is 0.768. The maximum Gasteiger partial charge on any atom is 0.255 e. The van der Waals surface area contributed by atoms with Crippen molar-refractivity contribution < 1.29 is 9.90 Å². The molecule has 2 aromatic carbocycles. The molecule has 1 aromatic heterocycles. The van der Waals surface area contributed by atoms with Crippen LogP contribution in [0.15, 0.2) is 42.5 Å². The number of aliphatic hydroxyl groups excluding tert-OH is 1. The number of carbonyl (C=O) groups excluding carboxylic acids is 1. The number of carbonyl (C=O) groups is 1. The lowest BCUT2D eigenvalue weighted by Crippen LogP contribution is -2.13. The fourth-order valence-electron chi connectivity index (χ4n) is 2.62. The van der Waals surface area contributed by atoms with Crippen molar-refractivity contribution in [1.29, 1.82) is 0 Å². The number of nitrogens with one attached hydrogen (secondary N) is 1. The number of benzene rings is 2. The molecule has 0 radical (unpaired) electrons. The first-order valence-electron chi connectivity index (χ1n) is 8.00. The Morgan fingerprint density at radius 2 is 1.84 bits per heavy atom. The minimum absolute atomic E-state index is 0.0610. The third kappa shape index (κ3) is 3.59. The van der Waals surface area contributed by atoms with Crippen molar-refractivity contribution in [3.63, 3.8) is 0 Å². The summed E-state index contributed by atoms with van der Waals surface area (Å²) in [6.07, 6.45) is 0. The number of hydrogen-bond donors (Lipinski definition) is 2. The van der Waals surface area contributed by atoms with Gasteiger partial charge in [-0.15, -0.1) is 0 Å². The largest absolute Gasteiger partial charge is 0.392 e. The third-order valence-electron chi connectivity index (χ3n) is 3.98. The molecule has 0 fully saturated rings. The van der Waals surface area contributed by atoms with Gasteiger partial charge in [0.15, 0.2) is 0 Å². The lowest BCUT2D eigenvalue weighted by Gasteiger charge is -2.10. The van der Waals surface area contributed by atoms with Gasteiger partial charge in [0.2, 0.25) is 0 Å². The summed E-state index contributed by atoms with van der Waals surface area (Å²) in [5, 5.41) is 16.5. The molecule has 1 heterocycles. The van der Waals surface area contributed by atoms with E-state index >= 15 is 0 Å². The van der Waals surface area contributed by atoms with Crippen LogP contribution in [-0.4, -0.2) is 25.8 Å². The first-order chi connectivity index (χ1) is 12.0. The van der Waals surface area contributed by atoms with Crippen molar-refractivity contribution in [1.82, 2.24) is 14.8 Å². The monoisotopic (exact) mass is 336 g/mol. The van der Waals surface area contributed by atoms with Gasteiger partial charge < -0.3 is 10.4 Å². The number of anilines is 1. The van der Waals surface area contributed by atoms with Gasteiger partial charge in [-0.25, -0.2) is 9.67 Å². The summed E-state index contributed by atoms with van der Waals surface area (Å²) in [6, 6.07) is 12.7. The number of aryl methyl sites for hydroxylation is 3. The highest BCUT2D eigenvalue weighted by Crippen LogP contribution is 2.19. The molecule has 0 unspecified atom stereocenters. The van der Waals surface area contributed by atoms with Crippen LogP contribution in [-0.2, 0) is 6.61 Å². The number of aromatic nitrogens is 3. The van der Waals surface area contributed by atoms with E-state index in [1.807, 2.05) is 45.0 Å². The van der Waals surface area contributed by atoms with Gasteiger partial charge in [0, 0.05) is 11.3 Å². The number of nitrogens with zero attached hydrogens (tertiary/aromatic N) is 3. The first-order valence-corrected chi connectivity index (χ1v) is 8.00. The molecule has 0 spiro atoms. The van der Waals surface area contributed by atoms with Crippen LogP contribution in [0, 0.1) is 20.8 Å². The number of rotatable bonds is 4. The van der Waals surface area contributed by atoms with Crippen LogP contribution >= 0.6 is 0 Å². The van der Waals surface area contributed by atoms with E-state index in [9.17, 15) is 9.90 Å². The van der Waals surface area contributed by atoms with E-state index in [1.54, 1.807) is 22.9 Å². The van der Waals surface area contributed by atoms with Crippen LogP contribution in [0.2, 0.25) is 0 Å². The van der Waals surface area contributed by atoms with Crippen LogP contribution in [0.25, 0.3) is 5.69 Å². The summed E-state index contributed by atoms with van der Waals surface area (Å²) in [5.41, 5.74) is 3.80. The zero-order valence-electron chi connectivity index (χ0n) is 14.4. The normalized spacial score (nSPS) is 10.7. The van der Waals surface area contributed by atoms with Crippen molar-refractivity contribution in [2.24, 2.45) is 0 Å². The van der Waals surface area contributed by atoms with Gasteiger partial charge in [-0.05, 0) is 62.2 Å². The van der Waals surface area contributed by atoms with Crippen LogP contribution < -0.4 is 5.32 Å². The van der Waals surface area contributed by atoms with Crippen LogP contribution in [0.4, 0.5) is 5.69 Å². The van der Waals surface area contributed by atoms with E-state index in [1.165, 1.54) is 0 Å². The van der Waals surface area contributed by atoms with Crippen LogP contribution in [0.5, 0.6) is 0 Å². The highest BCUT2D eigenvalue weighted by Gasteiger charge is 2.10. The minimum atomic E-state index is -0.198. The topological polar surface area (TPSA) is 80.0 Å². The Morgan fingerprint density at radius 3 is 2.44 bits per heavy atom. The highest BCUT2D eigenvalue weighted by molar-refractivity contribution is 6.04. The number of amides is 1. The Morgan fingerprint density at radius 1 is 1.12 bits per heavy atom. The van der Waals surface area contributed by atoms with Gasteiger partial charge in [-0.2, -0.15) is 5.10 Å². The van der Waals surface area contributed by atoms with Crippen LogP contribution in [0.3, 0.4) is 0 Å². The Kier molecular flexibility index (Phi) is 4.63. The third-order valence-corrected chi connectivity index (χ3v) is 3.98. The fraction of sp³-hybridized carbons (Fsp3) is 0.211. The predicted octanol–water partition coefficient (Wildman–Crippen LogP) is 2.94. The maximum atomic E-state index is 12.5. The van der Waals surface area contributed by atoms with E-state index in [2.05, 4.69) is 15.4 Å². The fourth-order valence-corrected chi connectivity index (χ4v) is 2.62. The molecule has 2 N–H and O–H groups in total. The van der Waals surface area contributed by atoms with Gasteiger partial charge in [0.1, 0.15) is 11.6 Å². The SMILES string of the molecule is Cc1nc(C)n(-c2ccc(C(=O)Nc3cc(CO)ccc3C)cc2)n1. The molecule has 6 nitrogen and oxygen atoms in total. The number of hydrogen-bond acceptors (Lipinski definition) is 4. The zero-order valence-corrected chi connectivity index (χ0v) is 14.4. The van der Waals surface area contributed by atoms with Crippen molar-refractivity contribution in [3.05, 3.63) is 70.8 Å². The summed E-state index contributed by atoms with van der Waals surface area (Å²) in [5.74, 6) is 1.31. The second kappa shape index (κ2) is 6.86. The average molecular weight is 336 g/mol. The summed E-state index contributed by atoms with van der Waals surface area (Å²) in [7, 11) is 0. The molecule has 6 heteroatoms. The highest BCUT2D eigenvalue weighted by atomic mass is 16.3. The molecule has 0 bridgehead atoms. The summed E-state index contributed by atoms with van der Waals surface area (Å²) in [4.78, 5) is 16.8. The lowest BCUT2D eigenvalue weighted by molar-refractivity contribution is 0.102. The number of aliphatic hydroxyl groups is 1. The van der Waals surface area contributed by atoms with Crippen LogP contribution in [0.1, 0.15) is 33.1 Å². The molecule has 1 amide bonds. The van der Waals surface area contributed by atoms with Gasteiger partial charge in [0.25, 0.3) is 5.91 Å². The average Bonchev–Trinajstić information content (AvgIpc) is 2.95. The van der Waals surface area contributed by atoms with E-state index in [0.29, 0.717) is 17.1 Å². The van der Waals surface area contributed by atoms with E-state index in [0.717, 1.165) is 22.6 Å². The molecule has 128 valence electrons. The molecule has 0 atom stereocenters. The lowest BCUT2D eigenvalue weighted by atomic mass is 10.1. The Hall–Kier alpha value is -2.99. The second-order valence-corrected chi connectivity index (χ2v) is 5.93. The first kappa shape index (κ1) is 16.9. The van der Waals surface area contributed by atoms with Crippen molar-refractivity contribution in [2.45, 2.75) is 27.4 Å². The summed E-state index contributed by atoms with van der Waals surface area (Å²) < 4.78 is 1.74. The van der Waals surface area contributed by atoms with Crippen molar-refractivity contribution >= 4 is 11.6 Å². The van der Waals surface area contributed by atoms with Gasteiger partial charge in [0.05, 0.1) is 12.3 Å². The standard InChI is InChI=1S/C19H20N4O2/c1-12-4-5-15(11-24)10-18(12)21-19(25)16-6-8-17(9-7-16)23-14(3)20-13(2)22-23/h4-10,24H,11H2,1-3H3,(H,21,25). The Bertz CT molecular complexity index is 914. The predicted molar refractivity (Wildman–Crippen MR) is 95.9 cm³/mol. The molecular weight excluding hydrogens is 316 g/mol. The molecule has 0 aliphatic heterocycles. The van der Waals surface area contributed by atoms with E-state index in [-0.39, 0.29) is 12.5 Å². The summed E-state index contributed by atoms with van der Waals surface area (Å²) in [6.45, 7) is 5.58. The molecule has 0 aliphatic carbocycles. The Labute approximate surface area is 146 Å². The second-order valence-electron chi connectivity index (χ2n) is 5.93. The molecule has 0 saturated carbocycles. The van der Waals surface area contributed by atoms with E-state index < -0.39 is 0 Å². The molecule has 25 heavy (non-hydrogen) atoms. The van der Waals surface area contributed by atoms with Gasteiger partial charge >= 0.3 is 0 Å². The molecule has 3 rings (SSSR count). The van der Waals surface area contributed by atoms with Crippen molar-refractivity contribution in [3.8, 4) is 5.69 Å². The molecule has 3 aromatic rings. The van der Waals surface area contributed by atoms with Crippen molar-refractivity contribution in [2.75, 3.05) is 5.32 Å².